The van der Waals surface area contributed by atoms with Gasteiger partial charge in [-0.15, -0.1) is 0 Å². The van der Waals surface area contributed by atoms with E-state index in [4.69, 9.17) is 9.47 Å². The summed E-state index contributed by atoms with van der Waals surface area (Å²) < 4.78 is 11.5. The number of hydrogen-bond donors (Lipinski definition) is 0. The van der Waals surface area contributed by atoms with Crippen molar-refractivity contribution < 1.29 is 9.47 Å². The lowest BCUT2D eigenvalue weighted by Gasteiger charge is -2.12. The second-order valence-corrected chi connectivity index (χ2v) is 4.62. The number of hydrogen-bond acceptors (Lipinski definition) is 2. The van der Waals surface area contributed by atoms with Crippen molar-refractivity contribution in [3.8, 4) is 11.5 Å². The van der Waals surface area contributed by atoms with E-state index in [0.717, 1.165) is 11.5 Å². The van der Waals surface area contributed by atoms with Gasteiger partial charge in [-0.25, -0.2) is 0 Å². The maximum atomic E-state index is 5.90. The summed E-state index contributed by atoms with van der Waals surface area (Å²) in [5.74, 6) is 2.29. The SMILES string of the molecule is Cc1ccccc1OCC1COc2ccccc21. The Hall–Kier alpha value is -1.96. The highest BCUT2D eigenvalue weighted by molar-refractivity contribution is 5.40. The van der Waals surface area contributed by atoms with Crippen molar-refractivity contribution in [1.29, 1.82) is 0 Å². The zero-order valence-corrected chi connectivity index (χ0v) is 10.4. The quantitative estimate of drug-likeness (QED) is 0.816. The molecule has 1 aliphatic rings. The average molecular weight is 240 g/mol. The molecule has 1 aliphatic heterocycles. The van der Waals surface area contributed by atoms with Crippen molar-refractivity contribution in [2.75, 3.05) is 13.2 Å². The fraction of sp³-hybridized carbons (Fsp3) is 0.250. The van der Waals surface area contributed by atoms with Crippen molar-refractivity contribution in [1.82, 2.24) is 0 Å². The molecule has 0 radical (unpaired) electrons. The number of benzene rings is 2. The summed E-state index contributed by atoms with van der Waals surface area (Å²) in [4.78, 5) is 0. The molecule has 2 aromatic rings. The van der Waals surface area contributed by atoms with Crippen LogP contribution in [0.2, 0.25) is 0 Å². The minimum absolute atomic E-state index is 0.334. The molecule has 0 saturated carbocycles. The first-order chi connectivity index (χ1) is 8.84. The van der Waals surface area contributed by atoms with Gasteiger partial charge in [0.25, 0.3) is 0 Å². The Morgan fingerprint density at radius 3 is 2.78 bits per heavy atom. The molecule has 2 heteroatoms. The molecule has 0 spiro atoms. The maximum Gasteiger partial charge on any atom is 0.123 e. The first-order valence-corrected chi connectivity index (χ1v) is 6.25. The molecular weight excluding hydrogens is 224 g/mol. The molecule has 0 saturated heterocycles. The van der Waals surface area contributed by atoms with Crippen LogP contribution >= 0.6 is 0 Å². The zero-order valence-electron chi connectivity index (χ0n) is 10.4. The average Bonchev–Trinajstić information content (AvgIpc) is 2.81. The molecule has 0 amide bonds. The first kappa shape index (κ1) is 11.1. The van der Waals surface area contributed by atoms with Gasteiger partial charge < -0.3 is 9.47 Å². The Bertz CT molecular complexity index is 548. The zero-order chi connectivity index (χ0) is 12.4. The van der Waals surface area contributed by atoms with Crippen LogP contribution in [-0.2, 0) is 0 Å². The predicted octanol–water partition coefficient (Wildman–Crippen LogP) is 3.55. The summed E-state index contributed by atoms with van der Waals surface area (Å²) in [6.07, 6.45) is 0. The third kappa shape index (κ3) is 2.06. The lowest BCUT2D eigenvalue weighted by molar-refractivity contribution is 0.247. The van der Waals surface area contributed by atoms with Crippen molar-refractivity contribution in [3.63, 3.8) is 0 Å². The van der Waals surface area contributed by atoms with Crippen molar-refractivity contribution >= 4 is 0 Å². The molecule has 0 N–H and O–H groups in total. The van der Waals surface area contributed by atoms with E-state index in [1.54, 1.807) is 0 Å². The number of aryl methyl sites for hydroxylation is 1. The molecule has 1 unspecified atom stereocenters. The van der Waals surface area contributed by atoms with Crippen LogP contribution in [0.4, 0.5) is 0 Å². The van der Waals surface area contributed by atoms with E-state index in [9.17, 15) is 0 Å². The minimum atomic E-state index is 0.334. The highest BCUT2D eigenvalue weighted by Crippen LogP contribution is 2.33. The van der Waals surface area contributed by atoms with Crippen LogP contribution in [0, 0.1) is 6.92 Å². The molecule has 1 heterocycles. The van der Waals surface area contributed by atoms with E-state index in [-0.39, 0.29) is 0 Å². The Labute approximate surface area is 107 Å². The number of fused-ring (bicyclic) bond motifs is 1. The number of rotatable bonds is 3. The number of ether oxygens (including phenoxy) is 2. The summed E-state index contributed by atoms with van der Waals surface area (Å²) in [6.45, 7) is 3.45. The van der Waals surface area contributed by atoms with Gasteiger partial charge in [0, 0.05) is 5.56 Å². The van der Waals surface area contributed by atoms with Crippen molar-refractivity contribution in [3.05, 3.63) is 59.7 Å². The molecular formula is C16H16O2. The van der Waals surface area contributed by atoms with E-state index in [1.165, 1.54) is 11.1 Å². The molecule has 0 aliphatic carbocycles. The largest absolute Gasteiger partial charge is 0.493 e. The van der Waals surface area contributed by atoms with Crippen LogP contribution in [0.5, 0.6) is 11.5 Å². The molecule has 92 valence electrons. The molecule has 0 aromatic heterocycles. The first-order valence-electron chi connectivity index (χ1n) is 6.25. The third-order valence-electron chi connectivity index (χ3n) is 3.33. The van der Waals surface area contributed by atoms with Gasteiger partial charge in [-0.05, 0) is 24.6 Å². The van der Waals surface area contributed by atoms with Crippen molar-refractivity contribution in [2.45, 2.75) is 12.8 Å². The Morgan fingerprint density at radius 2 is 1.89 bits per heavy atom. The lowest BCUT2D eigenvalue weighted by Crippen LogP contribution is -2.12. The van der Waals surface area contributed by atoms with E-state index >= 15 is 0 Å². The summed E-state index contributed by atoms with van der Waals surface area (Å²) >= 11 is 0. The highest BCUT2D eigenvalue weighted by atomic mass is 16.5. The maximum absolute atomic E-state index is 5.90. The van der Waals surface area contributed by atoms with Gasteiger partial charge >= 0.3 is 0 Å². The highest BCUT2D eigenvalue weighted by Gasteiger charge is 2.24. The standard InChI is InChI=1S/C16H16O2/c1-12-6-2-4-8-15(12)17-10-13-11-18-16-9-5-3-7-14(13)16/h2-9,13H,10-11H2,1H3. The molecule has 2 aromatic carbocycles. The molecule has 0 bridgehead atoms. The molecule has 1 atom stereocenters. The Kier molecular flexibility index (Phi) is 2.93. The summed E-state index contributed by atoms with van der Waals surface area (Å²) in [5, 5.41) is 0. The second-order valence-electron chi connectivity index (χ2n) is 4.62. The van der Waals surface area contributed by atoms with E-state index in [2.05, 4.69) is 19.1 Å². The van der Waals surface area contributed by atoms with Crippen LogP contribution in [0.25, 0.3) is 0 Å². The summed E-state index contributed by atoms with van der Waals surface area (Å²) in [7, 11) is 0. The Morgan fingerprint density at radius 1 is 1.11 bits per heavy atom. The molecule has 18 heavy (non-hydrogen) atoms. The van der Waals surface area contributed by atoms with Crippen LogP contribution < -0.4 is 9.47 Å². The fourth-order valence-corrected chi connectivity index (χ4v) is 2.28. The van der Waals surface area contributed by atoms with Gasteiger partial charge in [-0.1, -0.05) is 36.4 Å². The van der Waals surface area contributed by atoms with Gasteiger partial charge in [0.05, 0.1) is 19.1 Å². The minimum Gasteiger partial charge on any atom is -0.493 e. The van der Waals surface area contributed by atoms with E-state index < -0.39 is 0 Å². The summed E-state index contributed by atoms with van der Waals surface area (Å²) in [5.41, 5.74) is 2.43. The van der Waals surface area contributed by atoms with Gasteiger partial charge in [-0.2, -0.15) is 0 Å². The van der Waals surface area contributed by atoms with Crippen LogP contribution in [0.3, 0.4) is 0 Å². The lowest BCUT2D eigenvalue weighted by atomic mass is 10.0. The predicted molar refractivity (Wildman–Crippen MR) is 71.4 cm³/mol. The smallest absolute Gasteiger partial charge is 0.123 e. The van der Waals surface area contributed by atoms with Gasteiger partial charge in [-0.3, -0.25) is 0 Å². The fourth-order valence-electron chi connectivity index (χ4n) is 2.28. The van der Waals surface area contributed by atoms with Crippen LogP contribution in [0.15, 0.2) is 48.5 Å². The topological polar surface area (TPSA) is 18.5 Å². The van der Waals surface area contributed by atoms with E-state index in [1.807, 2.05) is 36.4 Å². The molecule has 3 rings (SSSR count). The van der Waals surface area contributed by atoms with E-state index in [0.29, 0.717) is 19.1 Å². The Balaban J connectivity index is 1.71. The van der Waals surface area contributed by atoms with Crippen molar-refractivity contribution in [2.24, 2.45) is 0 Å². The second kappa shape index (κ2) is 4.73. The molecule has 2 nitrogen and oxygen atoms in total. The van der Waals surface area contributed by atoms with Gasteiger partial charge in [0.1, 0.15) is 11.5 Å². The normalized spacial score (nSPS) is 17.1. The monoisotopic (exact) mass is 240 g/mol. The summed E-state index contributed by atoms with van der Waals surface area (Å²) in [6, 6.07) is 16.3. The van der Waals surface area contributed by atoms with Crippen LogP contribution in [0.1, 0.15) is 17.0 Å². The van der Waals surface area contributed by atoms with Gasteiger partial charge in [0.2, 0.25) is 0 Å². The third-order valence-corrected chi connectivity index (χ3v) is 3.33. The van der Waals surface area contributed by atoms with Crippen LogP contribution in [-0.4, -0.2) is 13.2 Å². The molecule has 0 fully saturated rings. The number of para-hydroxylation sites is 2. The van der Waals surface area contributed by atoms with Gasteiger partial charge in [0.15, 0.2) is 0 Å².